The average Bonchev–Trinajstić information content (AvgIpc) is 3.07. The molecule has 0 aliphatic carbocycles. The van der Waals surface area contributed by atoms with Gasteiger partial charge >= 0.3 is 0 Å². The van der Waals surface area contributed by atoms with Gasteiger partial charge in [-0.1, -0.05) is 12.1 Å². The molecule has 2 fully saturated rings. The van der Waals surface area contributed by atoms with E-state index in [2.05, 4.69) is 4.98 Å². The minimum Gasteiger partial charge on any atom is -0.440 e. The fraction of sp³-hybridized carbons (Fsp3) is 0.556. The quantitative estimate of drug-likeness (QED) is 0.888. The summed E-state index contributed by atoms with van der Waals surface area (Å²) in [7, 11) is 0. The standard InChI is InChI=1S/C18H23N3O3/c22-17(13-20-9-11-23-12-10-20)21-7-5-14(6-8-21)18-19-15-3-1-2-4-16(15)24-18/h1-4,14H,5-13H2/p+1. The number of rotatable bonds is 3. The van der Waals surface area contributed by atoms with E-state index in [-0.39, 0.29) is 5.91 Å². The van der Waals surface area contributed by atoms with Crippen molar-refractivity contribution in [3.8, 4) is 0 Å². The zero-order valence-electron chi connectivity index (χ0n) is 13.9. The third-order valence-electron chi connectivity index (χ3n) is 5.11. The van der Waals surface area contributed by atoms with Crippen molar-refractivity contribution >= 4 is 17.0 Å². The maximum absolute atomic E-state index is 12.5. The van der Waals surface area contributed by atoms with Gasteiger partial charge in [0, 0.05) is 19.0 Å². The van der Waals surface area contributed by atoms with Crippen LogP contribution < -0.4 is 4.90 Å². The van der Waals surface area contributed by atoms with Crippen molar-refractivity contribution in [2.75, 3.05) is 45.9 Å². The summed E-state index contributed by atoms with van der Waals surface area (Å²) in [5.41, 5.74) is 1.77. The number of likely N-dealkylation sites (tertiary alicyclic amines) is 1. The lowest BCUT2D eigenvalue weighted by atomic mass is 9.96. The Labute approximate surface area is 141 Å². The smallest absolute Gasteiger partial charge is 0.277 e. The second-order valence-electron chi connectivity index (χ2n) is 6.71. The SMILES string of the molecule is O=C(C[NH+]1CCOCC1)N1CCC(c2nc3ccccc3o2)CC1. The Hall–Kier alpha value is -1.92. The molecule has 1 amide bonds. The van der Waals surface area contributed by atoms with E-state index in [9.17, 15) is 4.79 Å². The predicted molar refractivity (Wildman–Crippen MR) is 88.9 cm³/mol. The summed E-state index contributed by atoms with van der Waals surface area (Å²) in [5.74, 6) is 1.40. The van der Waals surface area contributed by atoms with E-state index >= 15 is 0 Å². The van der Waals surface area contributed by atoms with Crippen LogP contribution in [0, 0.1) is 0 Å². The number of morpholine rings is 1. The molecule has 0 bridgehead atoms. The molecule has 2 aromatic rings. The van der Waals surface area contributed by atoms with Crippen molar-refractivity contribution < 1.29 is 18.8 Å². The molecule has 0 unspecified atom stereocenters. The largest absolute Gasteiger partial charge is 0.440 e. The molecule has 0 atom stereocenters. The van der Waals surface area contributed by atoms with E-state index in [1.165, 1.54) is 4.90 Å². The van der Waals surface area contributed by atoms with E-state index in [0.717, 1.165) is 69.2 Å². The predicted octanol–water partition coefficient (Wildman–Crippen LogP) is 0.449. The molecule has 3 heterocycles. The number of fused-ring (bicyclic) bond motifs is 1. The monoisotopic (exact) mass is 330 g/mol. The lowest BCUT2D eigenvalue weighted by Crippen LogP contribution is -3.15. The van der Waals surface area contributed by atoms with Gasteiger partial charge in [-0.2, -0.15) is 0 Å². The highest BCUT2D eigenvalue weighted by Gasteiger charge is 2.29. The number of nitrogens with zero attached hydrogens (tertiary/aromatic N) is 2. The molecule has 4 rings (SSSR count). The molecule has 128 valence electrons. The van der Waals surface area contributed by atoms with Crippen molar-refractivity contribution in [3.63, 3.8) is 0 Å². The Morgan fingerprint density at radius 3 is 2.71 bits per heavy atom. The second kappa shape index (κ2) is 6.91. The lowest BCUT2D eigenvalue weighted by Gasteiger charge is -2.32. The first-order chi connectivity index (χ1) is 11.8. The number of aromatic nitrogens is 1. The average molecular weight is 330 g/mol. The summed E-state index contributed by atoms with van der Waals surface area (Å²) in [5, 5.41) is 0. The maximum Gasteiger partial charge on any atom is 0.277 e. The van der Waals surface area contributed by atoms with Crippen LogP contribution >= 0.6 is 0 Å². The molecular formula is C18H24N3O3+. The number of hydrogen-bond acceptors (Lipinski definition) is 4. The zero-order chi connectivity index (χ0) is 16.4. The van der Waals surface area contributed by atoms with E-state index in [4.69, 9.17) is 9.15 Å². The van der Waals surface area contributed by atoms with Gasteiger partial charge in [-0.15, -0.1) is 0 Å². The van der Waals surface area contributed by atoms with Crippen LogP contribution in [0.4, 0.5) is 0 Å². The molecule has 6 heteroatoms. The molecule has 2 aliphatic rings. The summed E-state index contributed by atoms with van der Waals surface area (Å²) in [4.78, 5) is 20.4. The highest BCUT2D eigenvalue weighted by Crippen LogP contribution is 2.29. The molecule has 6 nitrogen and oxygen atoms in total. The van der Waals surface area contributed by atoms with E-state index in [1.54, 1.807) is 0 Å². The van der Waals surface area contributed by atoms with Gasteiger partial charge in [0.15, 0.2) is 18.0 Å². The van der Waals surface area contributed by atoms with Gasteiger partial charge < -0.3 is 19.0 Å². The van der Waals surface area contributed by atoms with E-state index in [0.29, 0.717) is 12.5 Å². The minimum absolute atomic E-state index is 0.267. The van der Waals surface area contributed by atoms with Crippen LogP contribution in [0.25, 0.3) is 11.1 Å². The van der Waals surface area contributed by atoms with Gasteiger partial charge in [-0.05, 0) is 25.0 Å². The highest BCUT2D eigenvalue weighted by atomic mass is 16.5. The van der Waals surface area contributed by atoms with Crippen LogP contribution in [0.2, 0.25) is 0 Å². The van der Waals surface area contributed by atoms with Crippen LogP contribution in [0.1, 0.15) is 24.7 Å². The molecule has 2 aliphatic heterocycles. The third kappa shape index (κ3) is 3.30. The van der Waals surface area contributed by atoms with Gasteiger partial charge in [-0.25, -0.2) is 4.98 Å². The van der Waals surface area contributed by atoms with Crippen LogP contribution in [0.3, 0.4) is 0 Å². The molecular weight excluding hydrogens is 306 g/mol. The first-order valence-electron chi connectivity index (χ1n) is 8.84. The summed E-state index contributed by atoms with van der Waals surface area (Å²) < 4.78 is 11.2. The zero-order valence-corrected chi connectivity index (χ0v) is 13.9. The Kier molecular flexibility index (Phi) is 4.49. The summed E-state index contributed by atoms with van der Waals surface area (Å²) in [6, 6.07) is 7.87. The minimum atomic E-state index is 0.267. The maximum atomic E-state index is 12.5. The van der Waals surface area contributed by atoms with Gasteiger partial charge in [0.25, 0.3) is 5.91 Å². The van der Waals surface area contributed by atoms with E-state index in [1.807, 2.05) is 29.2 Å². The Morgan fingerprint density at radius 2 is 1.96 bits per heavy atom. The van der Waals surface area contributed by atoms with Crippen molar-refractivity contribution in [2.24, 2.45) is 0 Å². The van der Waals surface area contributed by atoms with Crippen LogP contribution in [0.5, 0.6) is 0 Å². The number of piperidine rings is 1. The molecule has 0 spiro atoms. The number of ether oxygens (including phenoxy) is 1. The topological polar surface area (TPSA) is 60.0 Å². The van der Waals surface area contributed by atoms with Crippen molar-refractivity contribution in [1.29, 1.82) is 0 Å². The first kappa shape index (κ1) is 15.6. The van der Waals surface area contributed by atoms with Crippen molar-refractivity contribution in [3.05, 3.63) is 30.2 Å². The van der Waals surface area contributed by atoms with E-state index < -0.39 is 0 Å². The first-order valence-corrected chi connectivity index (χ1v) is 8.84. The van der Waals surface area contributed by atoms with Crippen molar-refractivity contribution in [1.82, 2.24) is 9.88 Å². The van der Waals surface area contributed by atoms with Gasteiger partial charge in [0.05, 0.1) is 13.2 Å². The third-order valence-corrected chi connectivity index (χ3v) is 5.11. The summed E-state index contributed by atoms with van der Waals surface area (Å²) in [6.07, 6.45) is 1.86. The number of carbonyl (C=O) groups excluding carboxylic acids is 1. The number of quaternary nitrogens is 1. The fourth-order valence-electron chi connectivity index (χ4n) is 3.60. The summed E-state index contributed by atoms with van der Waals surface area (Å²) in [6.45, 7) is 5.59. The number of carbonyl (C=O) groups is 1. The Balaban J connectivity index is 1.33. The highest BCUT2D eigenvalue weighted by molar-refractivity contribution is 5.77. The number of hydrogen-bond donors (Lipinski definition) is 1. The second-order valence-corrected chi connectivity index (χ2v) is 6.71. The molecule has 1 N–H and O–H groups in total. The molecule has 24 heavy (non-hydrogen) atoms. The number of benzene rings is 1. The van der Waals surface area contributed by atoms with Crippen molar-refractivity contribution in [2.45, 2.75) is 18.8 Å². The van der Waals surface area contributed by atoms with Gasteiger partial charge in [-0.3, -0.25) is 4.79 Å². The Morgan fingerprint density at radius 1 is 1.21 bits per heavy atom. The number of amides is 1. The van der Waals surface area contributed by atoms with Crippen LogP contribution in [0.15, 0.2) is 28.7 Å². The molecule has 2 saturated heterocycles. The fourth-order valence-corrected chi connectivity index (χ4v) is 3.60. The molecule has 1 aromatic heterocycles. The van der Waals surface area contributed by atoms with Gasteiger partial charge in [0.2, 0.25) is 0 Å². The number of oxazole rings is 1. The molecule has 0 saturated carbocycles. The molecule has 1 aromatic carbocycles. The molecule has 0 radical (unpaired) electrons. The van der Waals surface area contributed by atoms with Crippen LogP contribution in [-0.4, -0.2) is 61.7 Å². The lowest BCUT2D eigenvalue weighted by molar-refractivity contribution is -0.900. The number of nitrogens with one attached hydrogen (secondary N) is 1. The Bertz CT molecular complexity index is 667. The number of para-hydroxylation sites is 2. The summed E-state index contributed by atoms with van der Waals surface area (Å²) >= 11 is 0. The normalized spacial score (nSPS) is 20.6. The van der Waals surface area contributed by atoms with Crippen LogP contribution in [-0.2, 0) is 9.53 Å². The van der Waals surface area contributed by atoms with Gasteiger partial charge in [0.1, 0.15) is 18.6 Å².